The van der Waals surface area contributed by atoms with Crippen molar-refractivity contribution < 1.29 is 31.9 Å². The summed E-state index contributed by atoms with van der Waals surface area (Å²) in [5.74, 6) is -2.13. The van der Waals surface area contributed by atoms with E-state index < -0.39 is 24.7 Å². The van der Waals surface area contributed by atoms with Crippen LogP contribution in [0.2, 0.25) is 0 Å². The zero-order valence-electron chi connectivity index (χ0n) is 22.1. The summed E-state index contributed by atoms with van der Waals surface area (Å²) in [5, 5.41) is 5.33. The van der Waals surface area contributed by atoms with Gasteiger partial charge in [0.05, 0.1) is 22.5 Å². The van der Waals surface area contributed by atoms with E-state index in [2.05, 4.69) is 19.8 Å². The third-order valence-electron chi connectivity index (χ3n) is 7.09. The SMILES string of the molecule is CSc1nc2cccc(-c3cc4c(-c5cnn(C6CCN(C(=O)COC(=O)C(F)(F)F)CC6)c5)cnc(N)c4o3)c2s1. The fourth-order valence-corrected chi connectivity index (χ4v) is 6.56. The molecular formula is C27H23F3N6O4S2. The molecule has 0 aliphatic carbocycles. The summed E-state index contributed by atoms with van der Waals surface area (Å²) in [4.78, 5) is 33.5. The number of nitrogens with two attached hydrogens (primary N) is 1. The number of furan rings is 1. The Bertz CT molecular complexity index is 1810. The Morgan fingerprint density at radius 2 is 2.00 bits per heavy atom. The van der Waals surface area contributed by atoms with Crippen LogP contribution in [-0.2, 0) is 14.3 Å². The molecule has 1 saturated heterocycles. The molecule has 0 atom stereocenters. The van der Waals surface area contributed by atoms with Gasteiger partial charge in [0, 0.05) is 47.6 Å². The summed E-state index contributed by atoms with van der Waals surface area (Å²) >= 11 is 3.19. The molecule has 42 heavy (non-hydrogen) atoms. The molecular weight excluding hydrogens is 593 g/mol. The summed E-state index contributed by atoms with van der Waals surface area (Å²) in [7, 11) is 0. The van der Waals surface area contributed by atoms with Gasteiger partial charge in [-0.25, -0.2) is 14.8 Å². The molecule has 5 heterocycles. The quantitative estimate of drug-likeness (QED) is 0.193. The van der Waals surface area contributed by atoms with Crippen LogP contribution >= 0.6 is 23.1 Å². The van der Waals surface area contributed by atoms with Crippen molar-refractivity contribution in [1.29, 1.82) is 0 Å². The molecule has 2 N–H and O–H groups in total. The second-order valence-electron chi connectivity index (χ2n) is 9.64. The predicted octanol–water partition coefficient (Wildman–Crippen LogP) is 5.54. The lowest BCUT2D eigenvalue weighted by Gasteiger charge is -2.32. The average molecular weight is 617 g/mol. The maximum Gasteiger partial charge on any atom is 0.490 e. The Morgan fingerprint density at radius 1 is 1.21 bits per heavy atom. The van der Waals surface area contributed by atoms with Crippen LogP contribution in [0.5, 0.6) is 0 Å². The molecule has 1 amide bonds. The number of hydrogen-bond donors (Lipinski definition) is 1. The lowest BCUT2D eigenvalue weighted by Crippen LogP contribution is -2.42. The lowest BCUT2D eigenvalue weighted by atomic mass is 10.0. The van der Waals surface area contributed by atoms with Crippen LogP contribution in [0.15, 0.2) is 51.6 Å². The highest BCUT2D eigenvalue weighted by molar-refractivity contribution is 8.00. The number of likely N-dealkylation sites (tertiary alicyclic amines) is 1. The van der Waals surface area contributed by atoms with E-state index in [4.69, 9.17) is 10.2 Å². The number of carbonyl (C=O) groups is 2. The predicted molar refractivity (Wildman–Crippen MR) is 152 cm³/mol. The van der Waals surface area contributed by atoms with E-state index in [-0.39, 0.29) is 11.9 Å². The summed E-state index contributed by atoms with van der Waals surface area (Å²) in [5.41, 5.74) is 10.1. The van der Waals surface area contributed by atoms with Crippen molar-refractivity contribution in [3.63, 3.8) is 0 Å². The summed E-state index contributed by atoms with van der Waals surface area (Å²) in [6, 6.07) is 7.81. The number of carbonyl (C=O) groups excluding carboxylic acids is 2. The molecule has 218 valence electrons. The fraction of sp³-hybridized carbons (Fsp3) is 0.296. The molecule has 10 nitrogen and oxygen atoms in total. The minimum Gasteiger partial charge on any atom is -0.452 e. The second kappa shape index (κ2) is 10.9. The first kappa shape index (κ1) is 28.0. The Balaban J connectivity index is 1.20. The summed E-state index contributed by atoms with van der Waals surface area (Å²) in [6.45, 7) is -0.358. The first-order valence-electron chi connectivity index (χ1n) is 12.8. The number of ether oxygens (including phenoxy) is 1. The third kappa shape index (κ3) is 5.29. The molecule has 15 heteroatoms. The van der Waals surface area contributed by atoms with Crippen LogP contribution in [0.25, 0.3) is 43.6 Å². The zero-order chi connectivity index (χ0) is 29.6. The fourth-order valence-electron chi connectivity index (χ4n) is 4.97. The third-order valence-corrected chi connectivity index (χ3v) is 9.17. The number of anilines is 1. The van der Waals surface area contributed by atoms with Gasteiger partial charge in [-0.1, -0.05) is 17.8 Å². The Morgan fingerprint density at radius 3 is 2.74 bits per heavy atom. The van der Waals surface area contributed by atoms with Gasteiger partial charge in [-0.3, -0.25) is 9.48 Å². The van der Waals surface area contributed by atoms with Crippen LogP contribution < -0.4 is 5.73 Å². The number of rotatable bonds is 6. The number of nitrogens with zero attached hydrogens (tertiary/aromatic N) is 5. The standard InChI is InChI=1S/C27H23F3N6O4S2/c1-41-26-34-19-4-2-3-16(23(19)42-26)20-9-17-18(11-32-24(31)22(17)40-20)14-10-33-36(12-14)15-5-7-35(8-6-15)21(37)13-39-25(38)27(28,29)30/h2-4,9-12,15H,5-8,13H2,1H3,(H2,31,32). The summed E-state index contributed by atoms with van der Waals surface area (Å²) < 4.78 is 51.1. The van der Waals surface area contributed by atoms with Crippen molar-refractivity contribution in [3.05, 3.63) is 42.9 Å². The molecule has 0 spiro atoms. The molecule has 4 aromatic heterocycles. The van der Waals surface area contributed by atoms with Gasteiger partial charge in [-0.05, 0) is 37.3 Å². The van der Waals surface area contributed by atoms with E-state index in [9.17, 15) is 22.8 Å². The highest BCUT2D eigenvalue weighted by atomic mass is 32.2. The van der Waals surface area contributed by atoms with Crippen molar-refractivity contribution in [2.24, 2.45) is 0 Å². The molecule has 1 aliphatic heterocycles. The number of aromatic nitrogens is 4. The van der Waals surface area contributed by atoms with Crippen LogP contribution in [-0.4, -0.2) is 68.7 Å². The minimum absolute atomic E-state index is 0.0350. The van der Waals surface area contributed by atoms with Crippen LogP contribution in [0.3, 0.4) is 0 Å². The Hall–Kier alpha value is -4.11. The normalized spacial score (nSPS) is 14.6. The molecule has 0 unspecified atom stereocenters. The van der Waals surface area contributed by atoms with Gasteiger partial charge in [-0.2, -0.15) is 18.3 Å². The number of thiazole rings is 1. The van der Waals surface area contributed by atoms with E-state index in [1.807, 2.05) is 41.4 Å². The van der Waals surface area contributed by atoms with Gasteiger partial charge < -0.3 is 19.8 Å². The molecule has 5 aromatic rings. The van der Waals surface area contributed by atoms with E-state index >= 15 is 0 Å². The van der Waals surface area contributed by atoms with Crippen molar-refractivity contribution in [3.8, 4) is 22.5 Å². The first-order chi connectivity index (χ1) is 20.1. The lowest BCUT2D eigenvalue weighted by molar-refractivity contribution is -0.200. The maximum atomic E-state index is 12.3. The monoisotopic (exact) mass is 616 g/mol. The zero-order valence-corrected chi connectivity index (χ0v) is 23.7. The number of esters is 1. The van der Waals surface area contributed by atoms with Crippen molar-refractivity contribution in [2.75, 3.05) is 31.7 Å². The highest BCUT2D eigenvalue weighted by Crippen LogP contribution is 2.41. The van der Waals surface area contributed by atoms with Crippen LogP contribution in [0.1, 0.15) is 18.9 Å². The number of hydrogen-bond acceptors (Lipinski definition) is 10. The van der Waals surface area contributed by atoms with Gasteiger partial charge in [0.1, 0.15) is 5.76 Å². The van der Waals surface area contributed by atoms with E-state index in [0.29, 0.717) is 37.3 Å². The summed E-state index contributed by atoms with van der Waals surface area (Å²) in [6.07, 6.45) is 3.21. The maximum absolute atomic E-state index is 12.3. The molecule has 1 fully saturated rings. The molecule has 0 radical (unpaired) electrons. The molecule has 6 rings (SSSR count). The van der Waals surface area contributed by atoms with Gasteiger partial charge in [0.15, 0.2) is 22.3 Å². The van der Waals surface area contributed by atoms with Crippen molar-refractivity contribution in [1.82, 2.24) is 24.6 Å². The van der Waals surface area contributed by atoms with Gasteiger partial charge in [0.2, 0.25) is 0 Å². The molecule has 0 bridgehead atoms. The van der Waals surface area contributed by atoms with Gasteiger partial charge >= 0.3 is 12.1 Å². The number of amides is 1. The second-order valence-corrected chi connectivity index (χ2v) is 11.7. The number of fused-ring (bicyclic) bond motifs is 2. The minimum atomic E-state index is -5.14. The van der Waals surface area contributed by atoms with Gasteiger partial charge in [-0.15, -0.1) is 11.3 Å². The number of piperidine rings is 1. The van der Waals surface area contributed by atoms with Crippen molar-refractivity contribution in [2.45, 2.75) is 29.4 Å². The smallest absolute Gasteiger partial charge is 0.452 e. The van der Waals surface area contributed by atoms with Crippen LogP contribution in [0, 0.1) is 0 Å². The Kier molecular flexibility index (Phi) is 7.30. The van der Waals surface area contributed by atoms with E-state index in [1.54, 1.807) is 35.5 Å². The van der Waals surface area contributed by atoms with Gasteiger partial charge in [0.25, 0.3) is 5.91 Å². The molecule has 1 aromatic carbocycles. The van der Waals surface area contributed by atoms with E-state index in [1.165, 1.54) is 4.90 Å². The number of alkyl halides is 3. The number of nitrogen functional groups attached to an aromatic ring is 1. The van der Waals surface area contributed by atoms with Crippen molar-refractivity contribution >= 4 is 62.0 Å². The first-order valence-corrected chi connectivity index (χ1v) is 14.8. The largest absolute Gasteiger partial charge is 0.490 e. The number of pyridine rings is 1. The number of halogens is 3. The van der Waals surface area contributed by atoms with E-state index in [0.717, 1.165) is 36.6 Å². The average Bonchev–Trinajstić information content (AvgIpc) is 3.74. The topological polar surface area (TPSA) is 129 Å². The number of benzene rings is 1. The van der Waals surface area contributed by atoms with Crippen LogP contribution in [0.4, 0.5) is 19.0 Å². The Labute approximate surface area is 244 Å². The highest BCUT2D eigenvalue weighted by Gasteiger charge is 2.41. The molecule has 1 aliphatic rings. The molecule has 0 saturated carbocycles. The number of thioether (sulfide) groups is 1.